The van der Waals surface area contributed by atoms with Gasteiger partial charge in [0.1, 0.15) is 0 Å². The van der Waals surface area contributed by atoms with Crippen LogP contribution in [-0.4, -0.2) is 38.6 Å². The second-order valence-corrected chi connectivity index (χ2v) is 7.19. The van der Waals surface area contributed by atoms with Crippen molar-refractivity contribution in [2.24, 2.45) is 5.73 Å². The summed E-state index contributed by atoms with van der Waals surface area (Å²) in [5.41, 5.74) is 5.31. The number of hydrogen-bond acceptors (Lipinski definition) is 4. The Morgan fingerprint density at radius 3 is 2.21 bits per heavy atom. The van der Waals surface area contributed by atoms with Gasteiger partial charge in [0.05, 0.1) is 10.5 Å². The molecule has 0 aliphatic carbocycles. The summed E-state index contributed by atoms with van der Waals surface area (Å²) in [6.07, 6.45) is 0.884. The second kappa shape index (κ2) is 5.68. The lowest BCUT2D eigenvalue weighted by Gasteiger charge is -2.19. The highest BCUT2D eigenvalue weighted by Crippen LogP contribution is 2.14. The first-order valence-corrected chi connectivity index (χ1v) is 6.59. The second-order valence-electron chi connectivity index (χ2n) is 4.32. The van der Waals surface area contributed by atoms with Gasteiger partial charge in [0.15, 0.2) is 9.84 Å². The Morgan fingerprint density at radius 1 is 1.21 bits per heavy atom. The van der Waals surface area contributed by atoms with Crippen molar-refractivity contribution in [3.63, 3.8) is 0 Å². The summed E-state index contributed by atoms with van der Waals surface area (Å²) in [4.78, 5) is 0. The van der Waals surface area contributed by atoms with Crippen LogP contribution in [0.5, 0.6) is 0 Å². The van der Waals surface area contributed by atoms with Crippen molar-refractivity contribution in [3.05, 3.63) is 0 Å². The first-order chi connectivity index (χ1) is 6.31. The summed E-state index contributed by atoms with van der Waals surface area (Å²) in [6, 6.07) is 0. The summed E-state index contributed by atoms with van der Waals surface area (Å²) in [5, 5.41) is 3.06. The van der Waals surface area contributed by atoms with E-state index in [1.807, 2.05) is 0 Å². The smallest absolute Gasteiger partial charge is 0.156 e. The normalized spacial score (nSPS) is 13.1. The Kier molecular flexibility index (Phi) is 5.63. The first-order valence-electron chi connectivity index (χ1n) is 4.94. The minimum Gasteiger partial charge on any atom is -0.330 e. The Bertz CT molecular complexity index is 242. The van der Waals surface area contributed by atoms with Crippen molar-refractivity contribution < 1.29 is 8.42 Å². The van der Waals surface area contributed by atoms with E-state index in [0.717, 1.165) is 13.0 Å². The molecule has 0 saturated carbocycles. The average molecular weight is 222 g/mol. The van der Waals surface area contributed by atoms with E-state index < -0.39 is 14.6 Å². The zero-order chi connectivity index (χ0) is 11.2. The summed E-state index contributed by atoms with van der Waals surface area (Å²) in [6.45, 7) is 7.11. The zero-order valence-electron chi connectivity index (χ0n) is 9.34. The molecule has 86 valence electrons. The molecular formula is C9H22N2O2S. The lowest BCUT2D eigenvalue weighted by molar-refractivity contribution is 0.555. The summed E-state index contributed by atoms with van der Waals surface area (Å²) in [5.74, 6) is 0.196. The maximum Gasteiger partial charge on any atom is 0.156 e. The van der Waals surface area contributed by atoms with E-state index in [-0.39, 0.29) is 5.75 Å². The largest absolute Gasteiger partial charge is 0.330 e. The fourth-order valence-electron chi connectivity index (χ4n) is 0.865. The highest BCUT2D eigenvalue weighted by atomic mass is 32.2. The van der Waals surface area contributed by atoms with Gasteiger partial charge in [0, 0.05) is 6.54 Å². The van der Waals surface area contributed by atoms with Crippen LogP contribution in [0.15, 0.2) is 0 Å². The molecule has 0 aromatic carbocycles. The molecule has 0 unspecified atom stereocenters. The molecule has 3 N–H and O–H groups in total. The van der Waals surface area contributed by atoms with Crippen LogP contribution in [0.3, 0.4) is 0 Å². The molecular weight excluding hydrogens is 200 g/mol. The SMILES string of the molecule is CC(C)(C)S(=O)(=O)CCNCCCN. The predicted octanol–water partition coefficient (Wildman–Crippen LogP) is 0.138. The molecule has 5 heteroatoms. The van der Waals surface area contributed by atoms with Crippen LogP contribution in [-0.2, 0) is 9.84 Å². The van der Waals surface area contributed by atoms with E-state index in [1.54, 1.807) is 20.8 Å². The van der Waals surface area contributed by atoms with Crippen molar-refractivity contribution in [3.8, 4) is 0 Å². The Morgan fingerprint density at radius 2 is 1.79 bits per heavy atom. The van der Waals surface area contributed by atoms with Crippen LogP contribution in [0.4, 0.5) is 0 Å². The number of nitrogens with two attached hydrogens (primary N) is 1. The van der Waals surface area contributed by atoms with Gasteiger partial charge in [0.25, 0.3) is 0 Å². The van der Waals surface area contributed by atoms with E-state index in [4.69, 9.17) is 5.73 Å². The van der Waals surface area contributed by atoms with E-state index in [1.165, 1.54) is 0 Å². The van der Waals surface area contributed by atoms with E-state index in [0.29, 0.717) is 13.1 Å². The lowest BCUT2D eigenvalue weighted by atomic mass is 10.3. The molecule has 0 radical (unpaired) electrons. The number of sulfone groups is 1. The van der Waals surface area contributed by atoms with Crippen molar-refractivity contribution in [2.75, 3.05) is 25.4 Å². The minimum atomic E-state index is -2.98. The van der Waals surface area contributed by atoms with Gasteiger partial charge in [0.2, 0.25) is 0 Å². The molecule has 0 saturated heterocycles. The van der Waals surface area contributed by atoms with Crippen LogP contribution in [0, 0.1) is 0 Å². The lowest BCUT2D eigenvalue weighted by Crippen LogP contribution is -2.35. The van der Waals surface area contributed by atoms with Crippen LogP contribution < -0.4 is 11.1 Å². The summed E-state index contributed by atoms with van der Waals surface area (Å²) >= 11 is 0. The fraction of sp³-hybridized carbons (Fsp3) is 1.00. The minimum absolute atomic E-state index is 0.196. The van der Waals surface area contributed by atoms with Gasteiger partial charge in [-0.1, -0.05) is 0 Å². The molecule has 0 amide bonds. The molecule has 4 nitrogen and oxygen atoms in total. The van der Waals surface area contributed by atoms with Gasteiger partial charge in [-0.05, 0) is 40.3 Å². The van der Waals surface area contributed by atoms with Gasteiger partial charge in [-0.25, -0.2) is 8.42 Å². The zero-order valence-corrected chi connectivity index (χ0v) is 10.2. The molecule has 0 rings (SSSR count). The fourth-order valence-corrected chi connectivity index (χ4v) is 1.89. The topological polar surface area (TPSA) is 72.2 Å². The third-order valence-corrected chi connectivity index (χ3v) is 4.65. The van der Waals surface area contributed by atoms with E-state index in [9.17, 15) is 8.42 Å². The molecule has 0 aromatic rings. The highest BCUT2D eigenvalue weighted by Gasteiger charge is 2.27. The monoisotopic (exact) mass is 222 g/mol. The first kappa shape index (κ1) is 13.9. The van der Waals surface area contributed by atoms with Gasteiger partial charge in [-0.2, -0.15) is 0 Å². The third kappa shape index (κ3) is 4.93. The van der Waals surface area contributed by atoms with Crippen molar-refractivity contribution in [2.45, 2.75) is 31.9 Å². The van der Waals surface area contributed by atoms with Crippen LogP contribution >= 0.6 is 0 Å². The molecule has 0 spiro atoms. The summed E-state index contributed by atoms with van der Waals surface area (Å²) < 4.78 is 22.6. The highest BCUT2D eigenvalue weighted by molar-refractivity contribution is 7.92. The molecule has 14 heavy (non-hydrogen) atoms. The standard InChI is InChI=1S/C9H22N2O2S/c1-9(2,3)14(12,13)8-7-11-6-4-5-10/h11H,4-8,10H2,1-3H3. The van der Waals surface area contributed by atoms with E-state index >= 15 is 0 Å². The Hall–Kier alpha value is -0.130. The van der Waals surface area contributed by atoms with Gasteiger partial charge in [-0.3, -0.25) is 0 Å². The molecule has 0 aromatic heterocycles. The third-order valence-electron chi connectivity index (χ3n) is 2.04. The number of hydrogen-bond donors (Lipinski definition) is 2. The molecule has 0 aliphatic heterocycles. The molecule has 0 aliphatic rings. The van der Waals surface area contributed by atoms with Crippen molar-refractivity contribution in [1.29, 1.82) is 0 Å². The van der Waals surface area contributed by atoms with Crippen LogP contribution in [0.25, 0.3) is 0 Å². The quantitative estimate of drug-likeness (QED) is 0.627. The van der Waals surface area contributed by atoms with Crippen molar-refractivity contribution in [1.82, 2.24) is 5.32 Å². The predicted molar refractivity (Wildman–Crippen MR) is 60.1 cm³/mol. The molecule has 0 heterocycles. The van der Waals surface area contributed by atoms with Gasteiger partial charge >= 0.3 is 0 Å². The Labute approximate surface area is 87.2 Å². The van der Waals surface area contributed by atoms with Gasteiger partial charge in [-0.15, -0.1) is 0 Å². The molecule has 0 atom stereocenters. The molecule has 0 fully saturated rings. The van der Waals surface area contributed by atoms with Gasteiger partial charge < -0.3 is 11.1 Å². The number of nitrogens with one attached hydrogen (secondary N) is 1. The number of rotatable bonds is 6. The van der Waals surface area contributed by atoms with E-state index in [2.05, 4.69) is 5.32 Å². The van der Waals surface area contributed by atoms with Crippen LogP contribution in [0.1, 0.15) is 27.2 Å². The average Bonchev–Trinajstić information content (AvgIpc) is 2.02. The molecule has 0 bridgehead atoms. The maximum atomic E-state index is 11.6. The summed E-state index contributed by atoms with van der Waals surface area (Å²) in [7, 11) is -2.98. The van der Waals surface area contributed by atoms with Crippen molar-refractivity contribution >= 4 is 9.84 Å². The Balaban J connectivity index is 3.80. The maximum absolute atomic E-state index is 11.6. The van der Waals surface area contributed by atoms with Crippen LogP contribution in [0.2, 0.25) is 0 Å².